The van der Waals surface area contributed by atoms with Crippen LogP contribution < -0.4 is 32.1 Å². The molecule has 1 heterocycles. The number of nitrogens with zero attached hydrogens (tertiary/aromatic N) is 1. The summed E-state index contributed by atoms with van der Waals surface area (Å²) in [4.78, 5) is 0. The number of ether oxygens (including phenoxy) is 2. The average Bonchev–Trinajstić information content (AvgIpc) is 2.57. The van der Waals surface area contributed by atoms with Crippen molar-refractivity contribution in [3.8, 4) is 23.3 Å². The molecule has 0 saturated heterocycles. The number of hydrogen-bond acceptors (Lipinski definition) is 7. The number of methoxy groups -OCH3 is 1. The first-order valence-corrected chi connectivity index (χ1v) is 7.30. The molecular formula is C17H15BN4O3. The van der Waals surface area contributed by atoms with Crippen LogP contribution in [0.25, 0.3) is 0 Å². The van der Waals surface area contributed by atoms with Gasteiger partial charge in [-0.2, -0.15) is 5.26 Å². The standard InChI is InChI=1S/C17H15BN4O3/c1-24-16-10(18)4-7(5-12(16)23)13-8-2-3-11(20)14(21)15(8)25-17(22)9(13)6-19/h2-5,13,23H,20-22H2,1H3/t13-/m1/s1. The molecule has 2 aromatic rings. The highest BCUT2D eigenvalue weighted by molar-refractivity contribution is 6.34. The van der Waals surface area contributed by atoms with E-state index in [0.717, 1.165) is 0 Å². The average molecular weight is 334 g/mol. The zero-order valence-corrected chi connectivity index (χ0v) is 13.4. The van der Waals surface area contributed by atoms with Crippen molar-refractivity contribution < 1.29 is 14.6 Å². The number of nitriles is 1. The van der Waals surface area contributed by atoms with Gasteiger partial charge in [0, 0.05) is 5.56 Å². The molecule has 2 radical (unpaired) electrons. The molecule has 1 aliphatic heterocycles. The number of phenols is 1. The molecule has 0 spiro atoms. The van der Waals surface area contributed by atoms with Gasteiger partial charge in [-0.3, -0.25) is 0 Å². The second-order valence-electron chi connectivity index (χ2n) is 5.57. The SMILES string of the molecule is [B]c1cc([C@H]2C(C#N)=C(N)Oc3c2ccc(N)c3N)cc(O)c1OC. The molecule has 3 rings (SSSR count). The largest absolute Gasteiger partial charge is 0.504 e. The molecule has 8 heteroatoms. The lowest BCUT2D eigenvalue weighted by Gasteiger charge is -2.28. The highest BCUT2D eigenvalue weighted by atomic mass is 16.5. The van der Waals surface area contributed by atoms with Gasteiger partial charge in [-0.1, -0.05) is 17.6 Å². The summed E-state index contributed by atoms with van der Waals surface area (Å²) < 4.78 is 10.6. The molecule has 0 aromatic heterocycles. The lowest BCUT2D eigenvalue weighted by Crippen LogP contribution is -2.23. The highest BCUT2D eigenvalue weighted by Crippen LogP contribution is 2.47. The molecule has 0 aliphatic carbocycles. The summed E-state index contributed by atoms with van der Waals surface area (Å²) in [7, 11) is 7.34. The fourth-order valence-electron chi connectivity index (χ4n) is 2.95. The monoisotopic (exact) mass is 334 g/mol. The number of rotatable bonds is 2. The fourth-order valence-corrected chi connectivity index (χ4v) is 2.95. The molecule has 124 valence electrons. The van der Waals surface area contributed by atoms with Crippen LogP contribution in [0.15, 0.2) is 35.7 Å². The molecule has 25 heavy (non-hydrogen) atoms. The normalized spacial score (nSPS) is 15.9. The van der Waals surface area contributed by atoms with Crippen LogP contribution in [0.3, 0.4) is 0 Å². The molecule has 2 aromatic carbocycles. The van der Waals surface area contributed by atoms with Crippen LogP contribution in [0.5, 0.6) is 17.2 Å². The van der Waals surface area contributed by atoms with Crippen molar-refractivity contribution in [2.45, 2.75) is 5.92 Å². The number of benzene rings is 2. The quantitative estimate of drug-likeness (QED) is 0.465. The number of phenolic OH excluding ortho intramolecular Hbond substituents is 1. The zero-order chi connectivity index (χ0) is 18.3. The van der Waals surface area contributed by atoms with Gasteiger partial charge in [0.25, 0.3) is 0 Å². The minimum atomic E-state index is -0.615. The summed E-state index contributed by atoms with van der Waals surface area (Å²) in [6.45, 7) is 0. The predicted molar refractivity (Wildman–Crippen MR) is 94.6 cm³/mol. The van der Waals surface area contributed by atoms with Crippen molar-refractivity contribution in [3.05, 3.63) is 46.8 Å². The minimum Gasteiger partial charge on any atom is -0.504 e. The molecule has 7 N–H and O–H groups in total. The Balaban J connectivity index is 2.28. The number of fused-ring (bicyclic) bond motifs is 1. The molecule has 0 unspecified atom stereocenters. The van der Waals surface area contributed by atoms with Crippen molar-refractivity contribution in [3.63, 3.8) is 0 Å². The van der Waals surface area contributed by atoms with E-state index >= 15 is 0 Å². The number of aromatic hydroxyl groups is 1. The molecular weight excluding hydrogens is 319 g/mol. The third kappa shape index (κ3) is 2.46. The van der Waals surface area contributed by atoms with E-state index in [4.69, 9.17) is 34.5 Å². The Kier molecular flexibility index (Phi) is 3.85. The number of anilines is 2. The Labute approximate surface area is 145 Å². The first-order chi connectivity index (χ1) is 11.9. The van der Waals surface area contributed by atoms with E-state index in [2.05, 4.69) is 0 Å². The second-order valence-corrected chi connectivity index (χ2v) is 5.57. The first-order valence-electron chi connectivity index (χ1n) is 7.30. The van der Waals surface area contributed by atoms with Gasteiger partial charge in [0.05, 0.1) is 24.4 Å². The molecule has 7 nitrogen and oxygen atoms in total. The van der Waals surface area contributed by atoms with Gasteiger partial charge in [0.2, 0.25) is 5.88 Å². The van der Waals surface area contributed by atoms with E-state index in [1.54, 1.807) is 18.2 Å². The third-order valence-corrected chi connectivity index (χ3v) is 4.12. The number of hydrogen-bond donors (Lipinski definition) is 4. The summed E-state index contributed by atoms with van der Waals surface area (Å²) in [5.41, 5.74) is 19.8. The lowest BCUT2D eigenvalue weighted by atomic mass is 9.80. The van der Waals surface area contributed by atoms with Crippen molar-refractivity contribution >= 4 is 24.7 Å². The fraction of sp³-hybridized carbons (Fsp3) is 0.118. The van der Waals surface area contributed by atoms with E-state index in [9.17, 15) is 10.4 Å². The predicted octanol–water partition coefficient (Wildman–Crippen LogP) is 0.577. The summed E-state index contributed by atoms with van der Waals surface area (Å²) in [5, 5.41) is 19.7. The van der Waals surface area contributed by atoms with Crippen LogP contribution in [0.2, 0.25) is 0 Å². The molecule has 1 atom stereocenters. The second kappa shape index (κ2) is 5.87. The van der Waals surface area contributed by atoms with Crippen LogP contribution in [0.4, 0.5) is 11.4 Å². The zero-order valence-electron chi connectivity index (χ0n) is 13.4. The Morgan fingerprint density at radius 3 is 2.60 bits per heavy atom. The molecule has 1 aliphatic rings. The van der Waals surface area contributed by atoms with E-state index in [-0.39, 0.29) is 39.9 Å². The molecule has 0 bridgehead atoms. The third-order valence-electron chi connectivity index (χ3n) is 4.12. The summed E-state index contributed by atoms with van der Waals surface area (Å²) in [5.74, 6) is -0.398. The van der Waals surface area contributed by atoms with Gasteiger partial charge in [-0.15, -0.1) is 0 Å². The molecule has 0 amide bonds. The maximum absolute atomic E-state index is 10.2. The van der Waals surface area contributed by atoms with Gasteiger partial charge < -0.3 is 31.8 Å². The van der Waals surface area contributed by atoms with Crippen molar-refractivity contribution in [1.29, 1.82) is 5.26 Å². The Morgan fingerprint density at radius 1 is 1.28 bits per heavy atom. The van der Waals surface area contributed by atoms with Crippen LogP contribution in [0, 0.1) is 11.3 Å². The Hall–Kier alpha value is -3.47. The van der Waals surface area contributed by atoms with Gasteiger partial charge in [0.1, 0.15) is 19.5 Å². The first kappa shape index (κ1) is 16.4. The Morgan fingerprint density at radius 2 is 2.00 bits per heavy atom. The van der Waals surface area contributed by atoms with Crippen molar-refractivity contribution in [2.24, 2.45) is 5.73 Å². The van der Waals surface area contributed by atoms with Crippen LogP contribution in [-0.2, 0) is 0 Å². The van der Waals surface area contributed by atoms with E-state index < -0.39 is 5.92 Å². The summed E-state index contributed by atoms with van der Waals surface area (Å²) >= 11 is 0. The van der Waals surface area contributed by atoms with Crippen LogP contribution in [0.1, 0.15) is 17.0 Å². The lowest BCUT2D eigenvalue weighted by molar-refractivity contribution is 0.375. The topological polar surface area (TPSA) is 141 Å². The van der Waals surface area contributed by atoms with Gasteiger partial charge in [-0.05, 0) is 17.7 Å². The van der Waals surface area contributed by atoms with E-state index in [1.165, 1.54) is 13.2 Å². The van der Waals surface area contributed by atoms with E-state index in [0.29, 0.717) is 16.8 Å². The maximum atomic E-state index is 10.2. The maximum Gasteiger partial charge on any atom is 0.205 e. The number of allylic oxidation sites excluding steroid dienone is 1. The van der Waals surface area contributed by atoms with Crippen molar-refractivity contribution in [1.82, 2.24) is 0 Å². The summed E-state index contributed by atoms with van der Waals surface area (Å²) in [6, 6.07) is 8.44. The Bertz CT molecular complexity index is 927. The smallest absolute Gasteiger partial charge is 0.205 e. The van der Waals surface area contributed by atoms with Gasteiger partial charge in [0.15, 0.2) is 17.2 Å². The summed E-state index contributed by atoms with van der Waals surface area (Å²) in [6.07, 6.45) is 0. The number of nitrogen functional groups attached to an aromatic ring is 2. The highest BCUT2D eigenvalue weighted by Gasteiger charge is 2.33. The van der Waals surface area contributed by atoms with Gasteiger partial charge >= 0.3 is 0 Å². The van der Waals surface area contributed by atoms with Crippen LogP contribution in [-0.4, -0.2) is 20.1 Å². The number of nitrogens with two attached hydrogens (primary N) is 3. The van der Waals surface area contributed by atoms with Crippen LogP contribution >= 0.6 is 0 Å². The minimum absolute atomic E-state index is 0.0776. The van der Waals surface area contributed by atoms with Crippen molar-refractivity contribution in [2.75, 3.05) is 18.6 Å². The molecule has 0 fully saturated rings. The van der Waals surface area contributed by atoms with E-state index in [1.807, 2.05) is 6.07 Å². The molecule has 0 saturated carbocycles. The van der Waals surface area contributed by atoms with Gasteiger partial charge in [-0.25, -0.2) is 0 Å².